The van der Waals surface area contributed by atoms with Crippen LogP contribution in [0.4, 0.5) is 43.9 Å². The van der Waals surface area contributed by atoms with E-state index in [4.69, 9.17) is 4.74 Å². The summed E-state index contributed by atoms with van der Waals surface area (Å²) in [7, 11) is 0. The number of hydrogen-bond acceptors (Lipinski definition) is 4. The number of ether oxygens (including phenoxy) is 1. The standard InChI is InChI=1S/C11H8F10N2OS/c12-5(9(13,14)15)6-8(10(16,17)18,11(19,20)21)25-7(22-6)23-1-3-24-4-2-23/h1-4H2/b6-5+. The Labute approximate surface area is 137 Å². The summed E-state index contributed by atoms with van der Waals surface area (Å²) >= 11 is -0.996. The van der Waals surface area contributed by atoms with Crippen LogP contribution in [0.2, 0.25) is 0 Å². The lowest BCUT2D eigenvalue weighted by Crippen LogP contribution is -2.55. The quantitative estimate of drug-likeness (QED) is 0.568. The van der Waals surface area contributed by atoms with Gasteiger partial charge in [-0.25, -0.2) is 4.99 Å². The Morgan fingerprint density at radius 2 is 1.44 bits per heavy atom. The number of morpholine rings is 1. The molecule has 0 spiro atoms. The van der Waals surface area contributed by atoms with Crippen LogP contribution in [0.15, 0.2) is 16.5 Å². The molecule has 0 aromatic carbocycles. The molecule has 0 radical (unpaired) electrons. The van der Waals surface area contributed by atoms with Crippen LogP contribution < -0.4 is 0 Å². The fourth-order valence-corrected chi connectivity index (χ4v) is 3.34. The van der Waals surface area contributed by atoms with Gasteiger partial charge < -0.3 is 9.64 Å². The normalized spacial score (nSPS) is 24.4. The number of hydrogen-bond donors (Lipinski definition) is 0. The number of nitrogens with zero attached hydrogens (tertiary/aromatic N) is 2. The van der Waals surface area contributed by atoms with Crippen molar-refractivity contribution in [2.24, 2.45) is 4.99 Å². The molecule has 0 aliphatic carbocycles. The molecule has 1 fully saturated rings. The van der Waals surface area contributed by atoms with Crippen molar-refractivity contribution < 1.29 is 48.6 Å². The van der Waals surface area contributed by atoms with Crippen LogP contribution in [0, 0.1) is 0 Å². The molecule has 0 N–H and O–H groups in total. The van der Waals surface area contributed by atoms with Crippen LogP contribution in [0.25, 0.3) is 0 Å². The molecule has 0 aromatic rings. The predicted octanol–water partition coefficient (Wildman–Crippen LogP) is 4.03. The second-order valence-corrected chi connectivity index (χ2v) is 6.11. The predicted molar refractivity (Wildman–Crippen MR) is 66.4 cm³/mol. The van der Waals surface area contributed by atoms with Crippen LogP contribution in [0.5, 0.6) is 0 Å². The van der Waals surface area contributed by atoms with Crippen molar-refractivity contribution >= 4 is 16.9 Å². The minimum atomic E-state index is -6.27. The summed E-state index contributed by atoms with van der Waals surface area (Å²) in [4.78, 5) is 3.65. The van der Waals surface area contributed by atoms with Crippen LogP contribution in [0.1, 0.15) is 0 Å². The molecular formula is C11H8F10N2OS. The van der Waals surface area contributed by atoms with Gasteiger partial charge in [0.05, 0.1) is 13.2 Å². The number of rotatable bonds is 0. The van der Waals surface area contributed by atoms with Gasteiger partial charge in [0.15, 0.2) is 5.17 Å². The number of allylic oxidation sites excluding steroid dienone is 1. The van der Waals surface area contributed by atoms with E-state index in [1.54, 1.807) is 0 Å². The van der Waals surface area contributed by atoms with Gasteiger partial charge in [-0.05, 0) is 0 Å². The monoisotopic (exact) mass is 406 g/mol. The maximum Gasteiger partial charge on any atom is 0.444 e. The van der Waals surface area contributed by atoms with Crippen molar-refractivity contribution in [3.05, 3.63) is 11.5 Å². The second-order valence-electron chi connectivity index (χ2n) is 4.93. The second kappa shape index (κ2) is 6.21. The molecule has 0 amide bonds. The summed E-state index contributed by atoms with van der Waals surface area (Å²) < 4.78 is 130. The zero-order valence-electron chi connectivity index (χ0n) is 11.8. The highest BCUT2D eigenvalue weighted by atomic mass is 32.2. The van der Waals surface area contributed by atoms with Crippen LogP contribution in [-0.4, -0.2) is 59.6 Å². The molecule has 3 nitrogen and oxygen atoms in total. The van der Waals surface area contributed by atoms with Gasteiger partial charge in [-0.3, -0.25) is 0 Å². The van der Waals surface area contributed by atoms with E-state index in [-0.39, 0.29) is 26.3 Å². The van der Waals surface area contributed by atoms with Gasteiger partial charge >= 0.3 is 18.5 Å². The zero-order valence-corrected chi connectivity index (χ0v) is 12.6. The Kier molecular flexibility index (Phi) is 5.00. The number of halogens is 10. The Bertz CT molecular complexity index is 571. The fourth-order valence-electron chi connectivity index (χ4n) is 2.16. The molecule has 0 saturated carbocycles. The SMILES string of the molecule is F/C(=C1/N=C(N2CCOCC2)SC1(C(F)(F)F)C(F)(F)F)C(F)(F)F. The largest absolute Gasteiger partial charge is 0.444 e. The number of aliphatic imine (C=N–C) groups is 1. The number of amidine groups is 1. The summed E-state index contributed by atoms with van der Waals surface area (Å²) in [5.41, 5.74) is -2.74. The Balaban J connectivity index is 2.66. The highest BCUT2D eigenvalue weighted by molar-refractivity contribution is 8.15. The third-order valence-corrected chi connectivity index (χ3v) is 4.82. The summed E-state index contributed by atoms with van der Waals surface area (Å²) in [5, 5.41) is -0.993. The van der Waals surface area contributed by atoms with Crippen LogP contribution in [-0.2, 0) is 4.74 Å². The molecule has 14 heteroatoms. The lowest BCUT2D eigenvalue weighted by atomic mass is 10.0. The summed E-state index contributed by atoms with van der Waals surface area (Å²) in [6, 6.07) is 0. The molecule has 0 aromatic heterocycles. The van der Waals surface area contributed by atoms with E-state index < -0.39 is 51.7 Å². The molecule has 0 bridgehead atoms. The molecule has 1 saturated heterocycles. The first-order valence-corrected chi connectivity index (χ1v) is 7.25. The summed E-state index contributed by atoms with van der Waals surface area (Å²) in [6.45, 7) is -0.548. The van der Waals surface area contributed by atoms with Gasteiger partial charge in [0, 0.05) is 13.1 Å². The molecular weight excluding hydrogens is 398 g/mol. The first-order chi connectivity index (χ1) is 11.2. The molecule has 2 aliphatic heterocycles. The van der Waals surface area contributed by atoms with E-state index >= 15 is 0 Å². The van der Waals surface area contributed by atoms with Crippen molar-refractivity contribution in [1.29, 1.82) is 0 Å². The van der Waals surface area contributed by atoms with E-state index in [0.717, 1.165) is 4.90 Å². The number of alkyl halides is 9. The topological polar surface area (TPSA) is 24.8 Å². The average molecular weight is 406 g/mol. The molecule has 2 rings (SSSR count). The van der Waals surface area contributed by atoms with E-state index in [9.17, 15) is 43.9 Å². The third kappa shape index (κ3) is 3.41. The van der Waals surface area contributed by atoms with Gasteiger partial charge in [0.2, 0.25) is 5.83 Å². The smallest absolute Gasteiger partial charge is 0.378 e. The molecule has 2 heterocycles. The van der Waals surface area contributed by atoms with Gasteiger partial charge in [-0.15, -0.1) is 0 Å². The first-order valence-electron chi connectivity index (χ1n) is 6.43. The van der Waals surface area contributed by atoms with Crippen molar-refractivity contribution in [2.75, 3.05) is 26.3 Å². The van der Waals surface area contributed by atoms with Crippen LogP contribution >= 0.6 is 11.8 Å². The molecule has 0 atom stereocenters. The minimum absolute atomic E-state index is 0.0780. The van der Waals surface area contributed by atoms with Gasteiger partial charge in [-0.2, -0.15) is 43.9 Å². The lowest BCUT2D eigenvalue weighted by molar-refractivity contribution is -0.253. The highest BCUT2D eigenvalue weighted by Gasteiger charge is 2.78. The van der Waals surface area contributed by atoms with Gasteiger partial charge in [0.1, 0.15) is 5.70 Å². The first kappa shape index (κ1) is 20.1. The van der Waals surface area contributed by atoms with Crippen molar-refractivity contribution in [1.82, 2.24) is 4.90 Å². The van der Waals surface area contributed by atoms with E-state index in [2.05, 4.69) is 4.99 Å². The maximum absolute atomic E-state index is 13.5. The molecule has 144 valence electrons. The van der Waals surface area contributed by atoms with Crippen molar-refractivity contribution in [3.8, 4) is 0 Å². The summed E-state index contributed by atoms with van der Waals surface area (Å²) in [5.74, 6) is -3.53. The van der Waals surface area contributed by atoms with Crippen LogP contribution in [0.3, 0.4) is 0 Å². The maximum atomic E-state index is 13.5. The Hall–Kier alpha value is -1.18. The Morgan fingerprint density at radius 3 is 1.84 bits per heavy atom. The van der Waals surface area contributed by atoms with E-state index in [1.807, 2.05) is 0 Å². The van der Waals surface area contributed by atoms with Crippen molar-refractivity contribution in [2.45, 2.75) is 23.3 Å². The van der Waals surface area contributed by atoms with Gasteiger partial charge in [0.25, 0.3) is 4.75 Å². The average Bonchev–Trinajstić information content (AvgIpc) is 2.87. The molecule has 0 unspecified atom stereocenters. The molecule has 25 heavy (non-hydrogen) atoms. The number of thioether (sulfide) groups is 1. The Morgan fingerprint density at radius 1 is 0.960 bits per heavy atom. The minimum Gasteiger partial charge on any atom is -0.378 e. The summed E-state index contributed by atoms with van der Waals surface area (Å²) in [6.07, 6.45) is -18.6. The lowest BCUT2D eigenvalue weighted by Gasteiger charge is -2.34. The van der Waals surface area contributed by atoms with Crippen molar-refractivity contribution in [3.63, 3.8) is 0 Å². The van der Waals surface area contributed by atoms with E-state index in [0.29, 0.717) is 0 Å². The molecule has 2 aliphatic rings. The van der Waals surface area contributed by atoms with E-state index in [1.165, 1.54) is 0 Å². The van der Waals surface area contributed by atoms with Gasteiger partial charge in [-0.1, -0.05) is 11.8 Å². The zero-order chi connectivity index (χ0) is 19.3. The fraction of sp³-hybridized carbons (Fsp3) is 0.727. The highest BCUT2D eigenvalue weighted by Crippen LogP contribution is 2.61. The third-order valence-electron chi connectivity index (χ3n) is 3.32.